The fourth-order valence-electron chi connectivity index (χ4n) is 4.06. The summed E-state index contributed by atoms with van der Waals surface area (Å²) in [7, 11) is 0. The second-order valence-electron chi connectivity index (χ2n) is 7.83. The molecule has 0 aliphatic heterocycles. The number of hydrogen-bond acceptors (Lipinski definition) is 3. The Labute approximate surface area is 171 Å². The molecule has 0 aliphatic carbocycles. The molecule has 0 unspecified atom stereocenters. The molecule has 4 heteroatoms. The third-order valence-corrected chi connectivity index (χ3v) is 5.21. The highest BCUT2D eigenvalue weighted by Crippen LogP contribution is 2.34. The fourth-order valence-corrected chi connectivity index (χ4v) is 4.06. The predicted octanol–water partition coefficient (Wildman–Crippen LogP) is 5.71. The van der Waals surface area contributed by atoms with Gasteiger partial charge in [0.05, 0.1) is 11.2 Å². The van der Waals surface area contributed by atoms with Crippen molar-refractivity contribution in [2.24, 2.45) is 0 Å². The number of rotatable bonds is 4. The molecular formula is C25H25N3O. The minimum atomic E-state index is -0.0603. The summed E-state index contributed by atoms with van der Waals surface area (Å²) in [5.74, 6) is -0.0603. The number of carbonyl (C=O) groups is 1. The van der Waals surface area contributed by atoms with Gasteiger partial charge >= 0.3 is 0 Å². The number of aromatic nitrogens is 2. The quantitative estimate of drug-likeness (QED) is 0.424. The van der Waals surface area contributed by atoms with Crippen molar-refractivity contribution in [2.45, 2.75) is 39.8 Å². The third kappa shape index (κ3) is 3.35. The Morgan fingerprint density at radius 1 is 0.828 bits per heavy atom. The molecule has 0 bridgehead atoms. The molecule has 0 spiro atoms. The molecule has 0 radical (unpaired) electrons. The molecule has 4 aromatic rings. The van der Waals surface area contributed by atoms with Crippen LogP contribution in [0.1, 0.15) is 38.2 Å². The molecule has 2 aromatic heterocycles. The fraction of sp³-hybridized carbons (Fsp3) is 0.240. The normalized spacial score (nSPS) is 11.5. The van der Waals surface area contributed by atoms with Gasteiger partial charge in [0.2, 0.25) is 0 Å². The highest BCUT2D eigenvalue weighted by molar-refractivity contribution is 6.17. The number of pyridine rings is 2. The summed E-state index contributed by atoms with van der Waals surface area (Å²) in [4.78, 5) is 25.0. The van der Waals surface area contributed by atoms with E-state index in [1.54, 1.807) is 6.20 Å². The Morgan fingerprint density at radius 3 is 2.17 bits per heavy atom. The van der Waals surface area contributed by atoms with Crippen molar-refractivity contribution >= 4 is 27.6 Å². The lowest BCUT2D eigenvalue weighted by Crippen LogP contribution is -2.42. The van der Waals surface area contributed by atoms with Crippen LogP contribution in [0.2, 0.25) is 0 Å². The first kappa shape index (κ1) is 19.1. The minimum absolute atomic E-state index is 0.0603. The molecule has 4 rings (SSSR count). The van der Waals surface area contributed by atoms with Gasteiger partial charge in [-0.3, -0.25) is 9.78 Å². The Hall–Kier alpha value is -3.27. The standard InChI is InChI=1S/C25H25N3O/c1-16(2)28(17(3)4)25(29)24-22-20(14-15-26-24)19-12-8-9-13-21(19)27-23(22)18-10-6-5-7-11-18/h5-17H,1-4H3. The summed E-state index contributed by atoms with van der Waals surface area (Å²) < 4.78 is 0. The van der Waals surface area contributed by atoms with Crippen LogP contribution in [-0.2, 0) is 0 Å². The first-order chi connectivity index (χ1) is 14.0. The molecule has 0 N–H and O–H groups in total. The maximum Gasteiger partial charge on any atom is 0.273 e. The topological polar surface area (TPSA) is 46.1 Å². The lowest BCUT2D eigenvalue weighted by Gasteiger charge is -2.31. The first-order valence-electron chi connectivity index (χ1n) is 10.0. The second kappa shape index (κ2) is 7.63. The van der Waals surface area contributed by atoms with E-state index in [4.69, 9.17) is 4.98 Å². The molecule has 0 saturated heterocycles. The number of carbonyl (C=O) groups excluding carboxylic acids is 1. The van der Waals surface area contributed by atoms with Crippen molar-refractivity contribution in [1.82, 2.24) is 14.9 Å². The SMILES string of the molecule is CC(C)N(C(=O)c1nccc2c1c(-c1ccccc1)nc1ccccc12)C(C)C. The van der Waals surface area contributed by atoms with E-state index >= 15 is 0 Å². The minimum Gasteiger partial charge on any atom is -0.332 e. The molecule has 2 heterocycles. The highest BCUT2D eigenvalue weighted by Gasteiger charge is 2.26. The van der Waals surface area contributed by atoms with E-state index in [2.05, 4.69) is 11.1 Å². The van der Waals surface area contributed by atoms with Crippen LogP contribution in [0, 0.1) is 0 Å². The molecule has 4 nitrogen and oxygen atoms in total. The van der Waals surface area contributed by atoms with Gasteiger partial charge in [0.25, 0.3) is 5.91 Å². The van der Waals surface area contributed by atoms with Crippen LogP contribution in [0.25, 0.3) is 32.9 Å². The van der Waals surface area contributed by atoms with E-state index in [0.29, 0.717) is 5.69 Å². The largest absolute Gasteiger partial charge is 0.332 e. The lowest BCUT2D eigenvalue weighted by atomic mass is 9.98. The van der Waals surface area contributed by atoms with Gasteiger partial charge in [-0.25, -0.2) is 4.98 Å². The Balaban J connectivity index is 2.09. The molecule has 1 amide bonds. The van der Waals surface area contributed by atoms with Crippen LogP contribution >= 0.6 is 0 Å². The van der Waals surface area contributed by atoms with Gasteiger partial charge in [-0.2, -0.15) is 0 Å². The van der Waals surface area contributed by atoms with Gasteiger partial charge in [0.15, 0.2) is 0 Å². The first-order valence-corrected chi connectivity index (χ1v) is 10.0. The summed E-state index contributed by atoms with van der Waals surface area (Å²) in [5, 5.41) is 2.84. The predicted molar refractivity (Wildman–Crippen MR) is 119 cm³/mol. The number of amides is 1. The zero-order valence-corrected chi connectivity index (χ0v) is 17.3. The molecule has 0 saturated carbocycles. The molecule has 2 aromatic carbocycles. The van der Waals surface area contributed by atoms with Crippen molar-refractivity contribution in [3.05, 3.63) is 72.6 Å². The van der Waals surface area contributed by atoms with Crippen LogP contribution in [0.15, 0.2) is 66.9 Å². The van der Waals surface area contributed by atoms with Crippen LogP contribution in [0.3, 0.4) is 0 Å². The van der Waals surface area contributed by atoms with Crippen molar-refractivity contribution in [1.29, 1.82) is 0 Å². The van der Waals surface area contributed by atoms with Crippen LogP contribution in [0.5, 0.6) is 0 Å². The number of para-hydroxylation sites is 1. The van der Waals surface area contributed by atoms with E-state index < -0.39 is 0 Å². The van der Waals surface area contributed by atoms with E-state index in [0.717, 1.165) is 32.9 Å². The molecule has 146 valence electrons. The van der Waals surface area contributed by atoms with Crippen molar-refractivity contribution < 1.29 is 4.79 Å². The van der Waals surface area contributed by atoms with E-state index in [9.17, 15) is 4.79 Å². The maximum atomic E-state index is 13.6. The van der Waals surface area contributed by atoms with Crippen LogP contribution in [0.4, 0.5) is 0 Å². The van der Waals surface area contributed by atoms with Crippen molar-refractivity contribution in [3.8, 4) is 11.3 Å². The van der Waals surface area contributed by atoms with Gasteiger partial charge in [0, 0.05) is 34.6 Å². The van der Waals surface area contributed by atoms with Crippen LogP contribution in [-0.4, -0.2) is 32.9 Å². The molecule has 29 heavy (non-hydrogen) atoms. The van der Waals surface area contributed by atoms with Crippen LogP contribution < -0.4 is 0 Å². The third-order valence-electron chi connectivity index (χ3n) is 5.21. The van der Waals surface area contributed by atoms with Crippen molar-refractivity contribution in [3.63, 3.8) is 0 Å². The van der Waals surface area contributed by atoms with Crippen molar-refractivity contribution in [2.75, 3.05) is 0 Å². The summed E-state index contributed by atoms with van der Waals surface area (Å²) in [6.45, 7) is 8.15. The average Bonchev–Trinajstić information content (AvgIpc) is 2.72. The second-order valence-corrected chi connectivity index (χ2v) is 7.83. The smallest absolute Gasteiger partial charge is 0.273 e. The van der Waals surface area contributed by atoms with E-state index in [1.165, 1.54) is 0 Å². The zero-order valence-electron chi connectivity index (χ0n) is 17.3. The number of benzene rings is 2. The zero-order chi connectivity index (χ0) is 20.5. The molecule has 0 aliphatic rings. The molecule has 0 fully saturated rings. The van der Waals surface area contributed by atoms with Gasteiger partial charge in [-0.05, 0) is 45.2 Å². The summed E-state index contributed by atoms with van der Waals surface area (Å²) in [5.41, 5.74) is 3.14. The number of fused-ring (bicyclic) bond motifs is 3. The summed E-state index contributed by atoms with van der Waals surface area (Å²) in [6, 6.07) is 20.2. The van der Waals surface area contributed by atoms with Gasteiger partial charge < -0.3 is 4.90 Å². The van der Waals surface area contributed by atoms with E-state index in [1.807, 2.05) is 87.2 Å². The van der Waals surface area contributed by atoms with Gasteiger partial charge in [0.1, 0.15) is 5.69 Å². The lowest BCUT2D eigenvalue weighted by molar-refractivity contribution is 0.0640. The monoisotopic (exact) mass is 383 g/mol. The number of nitrogens with zero attached hydrogens (tertiary/aromatic N) is 3. The Morgan fingerprint density at radius 2 is 1.48 bits per heavy atom. The van der Waals surface area contributed by atoms with Gasteiger partial charge in [-0.1, -0.05) is 48.5 Å². The Bertz CT molecular complexity index is 1170. The van der Waals surface area contributed by atoms with Gasteiger partial charge in [-0.15, -0.1) is 0 Å². The summed E-state index contributed by atoms with van der Waals surface area (Å²) in [6.07, 6.45) is 1.73. The molecular weight excluding hydrogens is 358 g/mol. The average molecular weight is 383 g/mol. The van der Waals surface area contributed by atoms with E-state index in [-0.39, 0.29) is 18.0 Å². The highest BCUT2D eigenvalue weighted by atomic mass is 16.2. The molecule has 0 atom stereocenters. The number of hydrogen-bond donors (Lipinski definition) is 0. The Kier molecular flexibility index (Phi) is 5.01. The summed E-state index contributed by atoms with van der Waals surface area (Å²) >= 11 is 0. The maximum absolute atomic E-state index is 13.6.